The Hall–Kier alpha value is -2.07. The third-order valence-corrected chi connectivity index (χ3v) is 10.6. The zero-order valence-corrected chi connectivity index (χ0v) is 37.1. The summed E-state index contributed by atoms with van der Waals surface area (Å²) in [7, 11) is -4.63. The van der Waals surface area contributed by atoms with Crippen LogP contribution in [0.3, 0.4) is 0 Å². The summed E-state index contributed by atoms with van der Waals surface area (Å²) in [5.74, 6) is -1.83. The highest BCUT2D eigenvalue weighted by Crippen LogP contribution is 2.43. The lowest BCUT2D eigenvalue weighted by Gasteiger charge is -2.20. The molecule has 0 radical (unpaired) electrons. The van der Waals surface area contributed by atoms with E-state index in [1.807, 2.05) is 6.08 Å². The summed E-state index contributed by atoms with van der Waals surface area (Å²) in [5, 5.41) is 8.90. The Bertz CT molecular complexity index is 1090. The summed E-state index contributed by atoms with van der Waals surface area (Å²) in [4.78, 5) is 33.5. The second-order valence-corrected chi connectivity index (χ2v) is 16.6. The number of hydrogen-bond acceptors (Lipinski definition) is 8. The van der Waals surface area contributed by atoms with Crippen LogP contribution in [0.25, 0.3) is 0 Å². The van der Waals surface area contributed by atoms with Gasteiger partial charge < -0.3 is 25.2 Å². The van der Waals surface area contributed by atoms with E-state index in [4.69, 9.17) is 29.4 Å². The third-order valence-electron chi connectivity index (χ3n) is 9.61. The van der Waals surface area contributed by atoms with Gasteiger partial charge in [-0.3, -0.25) is 18.6 Å². The average Bonchev–Trinajstić information content (AvgIpc) is 3.19. The number of hydrogen-bond donors (Lipinski definition) is 3. The molecule has 0 saturated carbocycles. The first-order chi connectivity index (χ1) is 27.7. The van der Waals surface area contributed by atoms with E-state index in [-0.39, 0.29) is 13.0 Å². The van der Waals surface area contributed by atoms with E-state index >= 15 is 0 Å². The second-order valence-electron chi connectivity index (χ2n) is 15.2. The van der Waals surface area contributed by atoms with Gasteiger partial charge in [0.1, 0.15) is 12.1 Å². The number of allylic oxidation sites excluding steroid dienone is 8. The summed E-state index contributed by atoms with van der Waals surface area (Å²) < 4.78 is 33.3. The molecule has 57 heavy (non-hydrogen) atoms. The number of esters is 1. The van der Waals surface area contributed by atoms with Crippen LogP contribution < -0.4 is 5.73 Å². The first-order valence-electron chi connectivity index (χ1n) is 22.7. The third kappa shape index (κ3) is 41.9. The van der Waals surface area contributed by atoms with Gasteiger partial charge in [-0.15, -0.1) is 0 Å². The molecule has 0 amide bonds. The smallest absolute Gasteiger partial charge is 0.472 e. The molecule has 0 aliphatic heterocycles. The van der Waals surface area contributed by atoms with Crippen LogP contribution in [0.1, 0.15) is 194 Å². The molecule has 0 aromatic carbocycles. The second kappa shape index (κ2) is 42.1. The molecule has 0 aromatic rings. The van der Waals surface area contributed by atoms with E-state index in [0.717, 1.165) is 38.5 Å². The van der Waals surface area contributed by atoms with Gasteiger partial charge >= 0.3 is 19.8 Å². The molecular formula is C46H84NO9P. The van der Waals surface area contributed by atoms with Crippen molar-refractivity contribution in [1.82, 2.24) is 0 Å². The van der Waals surface area contributed by atoms with Crippen molar-refractivity contribution in [2.45, 2.75) is 206 Å². The van der Waals surface area contributed by atoms with Crippen molar-refractivity contribution in [3.63, 3.8) is 0 Å². The maximum atomic E-state index is 12.6. The number of unbranched alkanes of at least 4 members (excludes halogenated alkanes) is 21. The van der Waals surface area contributed by atoms with Gasteiger partial charge in [0.15, 0.2) is 0 Å². The van der Waals surface area contributed by atoms with Crippen molar-refractivity contribution in [2.24, 2.45) is 5.73 Å². The summed E-state index contributed by atoms with van der Waals surface area (Å²) >= 11 is 0. The highest BCUT2D eigenvalue weighted by molar-refractivity contribution is 7.47. The van der Waals surface area contributed by atoms with Crippen LogP contribution >= 0.6 is 7.82 Å². The van der Waals surface area contributed by atoms with E-state index < -0.39 is 45.1 Å². The molecule has 0 bridgehead atoms. The highest BCUT2D eigenvalue weighted by Gasteiger charge is 2.27. The number of nitrogens with two attached hydrogens (primary N) is 1. The molecule has 0 aromatic heterocycles. The van der Waals surface area contributed by atoms with Crippen molar-refractivity contribution in [3.05, 3.63) is 48.6 Å². The van der Waals surface area contributed by atoms with Gasteiger partial charge in [0.25, 0.3) is 0 Å². The molecule has 0 saturated heterocycles. The minimum atomic E-state index is -4.63. The lowest BCUT2D eigenvalue weighted by molar-refractivity contribution is -0.154. The fourth-order valence-electron chi connectivity index (χ4n) is 6.07. The molecule has 0 aliphatic carbocycles. The minimum absolute atomic E-state index is 0.00346. The first-order valence-corrected chi connectivity index (χ1v) is 24.2. The number of carboxylic acids is 1. The summed E-state index contributed by atoms with van der Waals surface area (Å²) in [6, 6.07) is -1.48. The van der Waals surface area contributed by atoms with Crippen LogP contribution in [0.5, 0.6) is 0 Å². The molecule has 0 spiro atoms. The standard InChI is InChI=1S/C46H84NO9P/c1-3-5-7-9-11-13-15-17-19-21-23-25-27-29-31-33-35-37-39-53-40-43(41-54-57(51,52)55-42-44(47)46(49)50)56-45(48)38-36-34-32-30-28-26-24-22-20-18-16-14-12-10-8-6-4-2/h12,14,18,20,24,26,30,32,43-44H,3-11,13,15-17,19,21-23,25,27-29,31,33-42,47H2,1-2H3,(H,49,50)(H,51,52)/b14-12-,20-18-,26-24-,32-30-/t43-,44+/m1/s1. The van der Waals surface area contributed by atoms with E-state index in [0.29, 0.717) is 19.4 Å². The van der Waals surface area contributed by atoms with Crippen molar-refractivity contribution >= 4 is 19.8 Å². The molecule has 0 aliphatic rings. The van der Waals surface area contributed by atoms with Gasteiger partial charge in [-0.05, 0) is 51.4 Å². The predicted molar refractivity (Wildman–Crippen MR) is 235 cm³/mol. The number of carbonyl (C=O) groups excluding carboxylic acids is 1. The van der Waals surface area contributed by atoms with Crippen LogP contribution in [0.4, 0.5) is 0 Å². The molecule has 4 N–H and O–H groups in total. The molecule has 0 heterocycles. The summed E-state index contributed by atoms with van der Waals surface area (Å²) in [5.41, 5.74) is 5.35. The van der Waals surface area contributed by atoms with Crippen molar-refractivity contribution in [1.29, 1.82) is 0 Å². The number of carboxylic acid groups (broad SMARTS) is 1. The summed E-state index contributed by atoms with van der Waals surface area (Å²) in [6.45, 7) is 3.80. The fourth-order valence-corrected chi connectivity index (χ4v) is 6.85. The number of ether oxygens (including phenoxy) is 2. The lowest BCUT2D eigenvalue weighted by atomic mass is 10.0. The van der Waals surface area contributed by atoms with E-state index in [9.17, 15) is 19.0 Å². The number of aliphatic carboxylic acids is 1. The van der Waals surface area contributed by atoms with Crippen LogP contribution in [-0.4, -0.2) is 60.5 Å². The maximum Gasteiger partial charge on any atom is 0.472 e. The van der Waals surface area contributed by atoms with Gasteiger partial charge in [-0.2, -0.15) is 0 Å². The summed E-state index contributed by atoms with van der Waals surface area (Å²) in [6.07, 6.45) is 48.8. The largest absolute Gasteiger partial charge is 0.480 e. The fraction of sp³-hybridized carbons (Fsp3) is 0.783. The normalized spacial score (nSPS) is 14.3. The molecule has 10 nitrogen and oxygen atoms in total. The van der Waals surface area contributed by atoms with Crippen molar-refractivity contribution in [2.75, 3.05) is 26.4 Å². The first kappa shape index (κ1) is 54.9. The Morgan fingerprint density at radius 3 is 1.44 bits per heavy atom. The molecule has 11 heteroatoms. The Labute approximate surface area is 348 Å². The number of rotatable bonds is 43. The van der Waals surface area contributed by atoms with Gasteiger partial charge in [0, 0.05) is 13.0 Å². The SMILES string of the molecule is CCCCC/C=C\C/C=C\C/C=C\C/C=C\CCCC(=O)O[C@H](COCCCCCCCCCCCCCCCCCCCC)COP(=O)(O)OC[C@H](N)C(=O)O. The Morgan fingerprint density at radius 2 is 0.965 bits per heavy atom. The van der Waals surface area contributed by atoms with Crippen LogP contribution in [0, 0.1) is 0 Å². The minimum Gasteiger partial charge on any atom is -0.480 e. The topological polar surface area (TPSA) is 155 Å². The quantitative estimate of drug-likeness (QED) is 0.0234. The van der Waals surface area contributed by atoms with E-state index in [1.54, 1.807) is 0 Å². The molecule has 332 valence electrons. The van der Waals surface area contributed by atoms with E-state index in [1.165, 1.54) is 122 Å². The molecule has 3 atom stereocenters. The maximum absolute atomic E-state index is 12.6. The highest BCUT2D eigenvalue weighted by atomic mass is 31.2. The molecule has 0 fully saturated rings. The van der Waals surface area contributed by atoms with Gasteiger partial charge in [-0.25, -0.2) is 4.57 Å². The molecular weight excluding hydrogens is 741 g/mol. The van der Waals surface area contributed by atoms with Gasteiger partial charge in [0.2, 0.25) is 0 Å². The Morgan fingerprint density at radius 1 is 0.561 bits per heavy atom. The number of phosphoric ester groups is 1. The van der Waals surface area contributed by atoms with Gasteiger partial charge in [0.05, 0.1) is 19.8 Å². The van der Waals surface area contributed by atoms with Crippen LogP contribution in [-0.2, 0) is 32.7 Å². The number of carbonyl (C=O) groups is 2. The zero-order chi connectivity index (χ0) is 41.9. The zero-order valence-electron chi connectivity index (χ0n) is 36.2. The monoisotopic (exact) mass is 826 g/mol. The van der Waals surface area contributed by atoms with E-state index in [2.05, 4.69) is 56.4 Å². The lowest BCUT2D eigenvalue weighted by Crippen LogP contribution is -2.34. The number of phosphoric acid groups is 1. The molecule has 1 unspecified atom stereocenters. The Balaban J connectivity index is 4.29. The average molecular weight is 826 g/mol. The van der Waals surface area contributed by atoms with Crippen molar-refractivity contribution < 1.29 is 42.7 Å². The molecule has 0 rings (SSSR count). The van der Waals surface area contributed by atoms with Crippen LogP contribution in [0.2, 0.25) is 0 Å². The predicted octanol–water partition coefficient (Wildman–Crippen LogP) is 12.6. The van der Waals surface area contributed by atoms with Crippen LogP contribution in [0.15, 0.2) is 48.6 Å². The Kier molecular flexibility index (Phi) is 40.5. The van der Waals surface area contributed by atoms with Gasteiger partial charge in [-0.1, -0.05) is 184 Å². The van der Waals surface area contributed by atoms with Crippen molar-refractivity contribution in [3.8, 4) is 0 Å².